The first-order chi connectivity index (χ1) is 16.6. The lowest BCUT2D eigenvalue weighted by atomic mass is 9.64. The topological polar surface area (TPSA) is 49.3 Å². The van der Waals surface area contributed by atoms with Gasteiger partial charge < -0.3 is 10.4 Å². The van der Waals surface area contributed by atoms with Crippen molar-refractivity contribution in [3.05, 3.63) is 113 Å². The fourth-order valence-corrected chi connectivity index (χ4v) is 5.09. The van der Waals surface area contributed by atoms with Gasteiger partial charge in [-0.2, -0.15) is 0 Å². The van der Waals surface area contributed by atoms with Gasteiger partial charge in [0, 0.05) is 5.56 Å². The highest BCUT2D eigenvalue weighted by Crippen LogP contribution is 2.46. The van der Waals surface area contributed by atoms with E-state index in [2.05, 4.69) is 43.3 Å². The predicted molar refractivity (Wildman–Crippen MR) is 141 cm³/mol. The maximum Gasteiger partial charge on any atom is 0.227 e. The van der Waals surface area contributed by atoms with Gasteiger partial charge in [-0.05, 0) is 66.3 Å². The van der Waals surface area contributed by atoms with Crippen LogP contribution in [0.3, 0.4) is 0 Å². The molecule has 1 fully saturated rings. The smallest absolute Gasteiger partial charge is 0.227 e. The Morgan fingerprint density at radius 1 is 1.00 bits per heavy atom. The average molecular weight is 485 g/mol. The van der Waals surface area contributed by atoms with Crippen LogP contribution in [0.4, 0.5) is 4.39 Å². The molecule has 1 radical (unpaired) electrons. The number of hydrogen-bond acceptors (Lipinski definition) is 2. The summed E-state index contributed by atoms with van der Waals surface area (Å²) in [5.41, 5.74) is 7.15. The van der Waals surface area contributed by atoms with Crippen molar-refractivity contribution in [2.24, 2.45) is 5.92 Å². The molecule has 1 saturated heterocycles. The second-order valence-corrected chi connectivity index (χ2v) is 15.0. The van der Waals surface area contributed by atoms with E-state index in [0.29, 0.717) is 18.4 Å². The number of amides is 1. The van der Waals surface area contributed by atoms with Crippen LogP contribution >= 0.6 is 0 Å². The third-order valence-electron chi connectivity index (χ3n) is 6.47. The number of benzene rings is 3. The Morgan fingerprint density at radius 3 is 2.11 bits per heavy atom. The summed E-state index contributed by atoms with van der Waals surface area (Å²) in [5.74, 6) is 2.54. The van der Waals surface area contributed by atoms with E-state index in [-0.39, 0.29) is 17.6 Å². The van der Waals surface area contributed by atoms with Crippen LogP contribution in [0, 0.1) is 30.1 Å². The van der Waals surface area contributed by atoms with E-state index in [1.54, 1.807) is 12.1 Å². The number of rotatable bonds is 6. The molecule has 0 bridgehead atoms. The van der Waals surface area contributed by atoms with E-state index in [1.807, 2.05) is 48.5 Å². The molecule has 2 N–H and O–H groups in total. The first kappa shape index (κ1) is 24.9. The molecule has 1 aliphatic heterocycles. The lowest BCUT2D eigenvalue weighted by Gasteiger charge is -2.50. The normalized spacial score (nSPS) is 20.3. The zero-order valence-corrected chi connectivity index (χ0v) is 21.4. The summed E-state index contributed by atoms with van der Waals surface area (Å²) >= 11 is 0. The number of β-lactam (4-membered cyclic amide) rings is 1. The SMILES string of the molecule is [CH2]c1ccc([C@@]2(c3ccc(C#C[Si](C)(C)C)cc3)NC(=O)[C@@H]2CC[C@H](O)c2ccc(F)cc2)cc1. The Bertz CT molecular complexity index is 1250. The Balaban J connectivity index is 1.64. The van der Waals surface area contributed by atoms with Crippen molar-refractivity contribution in [1.29, 1.82) is 0 Å². The van der Waals surface area contributed by atoms with E-state index in [4.69, 9.17) is 0 Å². The van der Waals surface area contributed by atoms with Gasteiger partial charge in [0.1, 0.15) is 19.4 Å². The van der Waals surface area contributed by atoms with Crippen molar-refractivity contribution >= 4 is 14.0 Å². The van der Waals surface area contributed by atoms with Gasteiger partial charge in [0.05, 0.1) is 12.0 Å². The van der Waals surface area contributed by atoms with Crippen LogP contribution in [0.1, 0.15) is 46.8 Å². The number of aliphatic hydroxyl groups excluding tert-OH is 1. The number of halogens is 1. The van der Waals surface area contributed by atoms with Gasteiger partial charge in [-0.3, -0.25) is 4.79 Å². The van der Waals surface area contributed by atoms with Crippen molar-refractivity contribution in [3.8, 4) is 11.5 Å². The third kappa shape index (κ3) is 5.40. The Labute approximate surface area is 208 Å². The van der Waals surface area contributed by atoms with Crippen LogP contribution in [0.15, 0.2) is 72.8 Å². The predicted octanol–water partition coefficient (Wildman–Crippen LogP) is 5.74. The molecule has 0 unspecified atom stereocenters. The van der Waals surface area contributed by atoms with E-state index >= 15 is 0 Å². The van der Waals surface area contributed by atoms with Crippen LogP contribution in [0.2, 0.25) is 19.6 Å². The van der Waals surface area contributed by atoms with Crippen LogP contribution in [0.5, 0.6) is 0 Å². The lowest BCUT2D eigenvalue weighted by molar-refractivity contribution is -0.140. The van der Waals surface area contributed by atoms with Gasteiger partial charge in [-0.15, -0.1) is 5.54 Å². The summed E-state index contributed by atoms with van der Waals surface area (Å²) in [6.45, 7) is 10.6. The zero-order valence-electron chi connectivity index (χ0n) is 20.4. The molecule has 1 heterocycles. The molecule has 35 heavy (non-hydrogen) atoms. The maximum absolute atomic E-state index is 13.3. The van der Waals surface area contributed by atoms with Crippen molar-refractivity contribution in [1.82, 2.24) is 5.32 Å². The molecule has 0 saturated carbocycles. The van der Waals surface area contributed by atoms with Crippen molar-refractivity contribution in [2.45, 2.75) is 44.1 Å². The van der Waals surface area contributed by atoms with Crippen LogP contribution in [0.25, 0.3) is 0 Å². The molecule has 3 aromatic carbocycles. The number of aliphatic hydroxyl groups is 1. The molecule has 0 aliphatic carbocycles. The molecule has 1 aliphatic rings. The summed E-state index contributed by atoms with van der Waals surface area (Å²) < 4.78 is 13.3. The molecule has 0 aromatic heterocycles. The quantitative estimate of drug-likeness (QED) is 0.266. The van der Waals surface area contributed by atoms with Crippen molar-refractivity contribution < 1.29 is 14.3 Å². The summed E-state index contributed by atoms with van der Waals surface area (Å²) in [4.78, 5) is 12.9. The minimum Gasteiger partial charge on any atom is -0.388 e. The first-order valence-electron chi connectivity index (χ1n) is 11.9. The summed E-state index contributed by atoms with van der Waals surface area (Å²) in [5, 5.41) is 13.9. The molecule has 3 nitrogen and oxygen atoms in total. The van der Waals surface area contributed by atoms with Crippen LogP contribution in [-0.2, 0) is 10.3 Å². The molecule has 1 amide bonds. The fraction of sp³-hybridized carbons (Fsp3) is 0.267. The first-order valence-corrected chi connectivity index (χ1v) is 15.4. The minimum atomic E-state index is -1.49. The molecule has 179 valence electrons. The maximum atomic E-state index is 13.3. The molecule has 4 rings (SSSR count). The molecule has 3 atom stereocenters. The molecular weight excluding hydrogens is 453 g/mol. The summed E-state index contributed by atoms with van der Waals surface area (Å²) in [7, 11) is -1.49. The monoisotopic (exact) mass is 484 g/mol. The lowest BCUT2D eigenvalue weighted by Crippen LogP contribution is -2.67. The van der Waals surface area contributed by atoms with E-state index in [0.717, 1.165) is 22.3 Å². The summed E-state index contributed by atoms with van der Waals surface area (Å²) in [6.07, 6.45) is 0.0925. The molecule has 3 aromatic rings. The van der Waals surface area contributed by atoms with E-state index in [9.17, 15) is 14.3 Å². The van der Waals surface area contributed by atoms with Gasteiger partial charge in [-0.1, -0.05) is 74.1 Å². The van der Waals surface area contributed by atoms with E-state index in [1.165, 1.54) is 12.1 Å². The van der Waals surface area contributed by atoms with Gasteiger partial charge >= 0.3 is 0 Å². The van der Waals surface area contributed by atoms with E-state index < -0.39 is 19.7 Å². The second kappa shape index (κ2) is 9.81. The number of hydrogen-bond donors (Lipinski definition) is 2. The van der Waals surface area contributed by atoms with Gasteiger partial charge in [0.2, 0.25) is 5.91 Å². The largest absolute Gasteiger partial charge is 0.388 e. The van der Waals surface area contributed by atoms with Crippen LogP contribution in [-0.4, -0.2) is 19.1 Å². The standard InChI is InChI=1S/C30H31FNO2Si/c1-21-5-11-24(12-6-21)30(25-13-7-22(8-14-25)19-20-35(2,3)4)27(29(34)32-30)17-18-28(33)23-9-15-26(31)16-10-23/h5-16,27-28,33H,1,17-18H2,2-4H3,(H,32,34)/t27-,28-,30-/m0/s1. The highest BCUT2D eigenvalue weighted by Gasteiger charge is 2.55. The minimum absolute atomic E-state index is 0.0439. The van der Waals surface area contributed by atoms with Gasteiger partial charge in [0.15, 0.2) is 0 Å². The number of carbonyl (C=O) groups excluding carboxylic acids is 1. The number of carbonyl (C=O) groups is 1. The highest BCUT2D eigenvalue weighted by molar-refractivity contribution is 6.83. The van der Waals surface area contributed by atoms with Crippen molar-refractivity contribution in [2.75, 3.05) is 0 Å². The molecular formula is C30H31FNO2Si. The third-order valence-corrected chi connectivity index (χ3v) is 7.35. The van der Waals surface area contributed by atoms with Crippen LogP contribution < -0.4 is 5.32 Å². The fourth-order valence-electron chi connectivity index (χ4n) is 4.57. The Morgan fingerprint density at radius 2 is 1.57 bits per heavy atom. The molecule has 5 heteroatoms. The zero-order chi connectivity index (χ0) is 25.2. The van der Waals surface area contributed by atoms with Gasteiger partial charge in [-0.25, -0.2) is 4.39 Å². The Hall–Kier alpha value is -3.20. The Kier molecular flexibility index (Phi) is 6.98. The average Bonchev–Trinajstić information content (AvgIpc) is 2.82. The molecule has 0 spiro atoms. The summed E-state index contributed by atoms with van der Waals surface area (Å²) in [6, 6.07) is 21.8. The highest BCUT2D eigenvalue weighted by atomic mass is 28.3. The van der Waals surface area contributed by atoms with Gasteiger partial charge in [0.25, 0.3) is 0 Å². The second-order valence-electron chi connectivity index (χ2n) is 10.3. The van der Waals surface area contributed by atoms with Crippen molar-refractivity contribution in [3.63, 3.8) is 0 Å². The number of nitrogens with one attached hydrogen (secondary N) is 1.